The Morgan fingerprint density at radius 1 is 0.878 bits per heavy atom. The molecule has 260 valence electrons. The molecule has 0 aliphatic heterocycles. The minimum absolute atomic E-state index is 0.0258. The molecule has 1 N–H and O–H groups in total. The molecule has 0 fully saturated rings. The molecule has 13 heteroatoms. The van der Waals surface area contributed by atoms with Crippen LogP contribution in [0.5, 0.6) is 11.5 Å². The predicted octanol–water partition coefficient (Wildman–Crippen LogP) is 6.76. The van der Waals surface area contributed by atoms with E-state index in [0.717, 1.165) is 22.0 Å². The van der Waals surface area contributed by atoms with Gasteiger partial charge in [-0.25, -0.2) is 12.8 Å². The molecule has 4 rings (SSSR count). The van der Waals surface area contributed by atoms with Gasteiger partial charge in [0.25, 0.3) is 10.0 Å². The van der Waals surface area contributed by atoms with Crippen LogP contribution in [0.3, 0.4) is 0 Å². The van der Waals surface area contributed by atoms with Crippen molar-refractivity contribution in [2.45, 2.75) is 37.8 Å². The van der Waals surface area contributed by atoms with Gasteiger partial charge in [-0.05, 0) is 65.6 Å². The average Bonchev–Trinajstić information content (AvgIpc) is 3.08. The van der Waals surface area contributed by atoms with Gasteiger partial charge < -0.3 is 19.7 Å². The van der Waals surface area contributed by atoms with Crippen molar-refractivity contribution in [1.29, 1.82) is 0 Å². The number of carbonyl (C=O) groups is 2. The lowest BCUT2D eigenvalue weighted by atomic mass is 10.0. The molecule has 0 saturated heterocycles. The van der Waals surface area contributed by atoms with Crippen molar-refractivity contribution in [2.24, 2.45) is 5.92 Å². The summed E-state index contributed by atoms with van der Waals surface area (Å²) in [5.74, 6) is -1.16. The second-order valence-electron chi connectivity index (χ2n) is 11.6. The lowest BCUT2D eigenvalue weighted by molar-refractivity contribution is -0.140. The fourth-order valence-corrected chi connectivity index (χ4v) is 6.95. The summed E-state index contributed by atoms with van der Waals surface area (Å²) < 4.78 is 54.2. The molecule has 0 aromatic heterocycles. The van der Waals surface area contributed by atoms with E-state index in [2.05, 4.69) is 5.32 Å². The van der Waals surface area contributed by atoms with Gasteiger partial charge in [0.15, 0.2) is 11.5 Å². The van der Waals surface area contributed by atoms with Crippen molar-refractivity contribution in [3.63, 3.8) is 0 Å². The van der Waals surface area contributed by atoms with Gasteiger partial charge in [0.1, 0.15) is 18.4 Å². The van der Waals surface area contributed by atoms with Crippen molar-refractivity contribution in [3.8, 4) is 11.5 Å². The summed E-state index contributed by atoms with van der Waals surface area (Å²) in [6.45, 7) is 3.36. The summed E-state index contributed by atoms with van der Waals surface area (Å²) in [4.78, 5) is 29.6. The van der Waals surface area contributed by atoms with Gasteiger partial charge in [-0.2, -0.15) is 0 Å². The Balaban J connectivity index is 1.84. The van der Waals surface area contributed by atoms with E-state index in [4.69, 9.17) is 32.7 Å². The molecule has 1 atom stereocenters. The first kappa shape index (κ1) is 37.5. The van der Waals surface area contributed by atoms with Crippen molar-refractivity contribution in [1.82, 2.24) is 10.2 Å². The zero-order valence-electron chi connectivity index (χ0n) is 27.5. The Kier molecular flexibility index (Phi) is 12.9. The van der Waals surface area contributed by atoms with E-state index in [1.54, 1.807) is 12.1 Å². The fraction of sp³-hybridized carbons (Fsp3) is 0.278. The van der Waals surface area contributed by atoms with Gasteiger partial charge in [0, 0.05) is 35.6 Å². The normalized spacial score (nSPS) is 11.9. The molecular weight excluding hydrogens is 692 g/mol. The number of nitrogens with zero attached hydrogens (tertiary/aromatic N) is 2. The minimum atomic E-state index is -4.48. The van der Waals surface area contributed by atoms with E-state index < -0.39 is 40.2 Å². The van der Waals surface area contributed by atoms with Crippen molar-refractivity contribution < 1.29 is 31.9 Å². The number of benzene rings is 4. The first-order chi connectivity index (χ1) is 23.3. The quantitative estimate of drug-likeness (QED) is 0.145. The molecule has 9 nitrogen and oxygen atoms in total. The molecule has 0 spiro atoms. The number of anilines is 1. The number of hydrogen-bond donors (Lipinski definition) is 1. The number of nitrogens with one attached hydrogen (secondary N) is 1. The Hall–Kier alpha value is -4.32. The summed E-state index contributed by atoms with van der Waals surface area (Å²) in [5.41, 5.74) is 1.30. The second-order valence-corrected chi connectivity index (χ2v) is 14.3. The summed E-state index contributed by atoms with van der Waals surface area (Å²) >= 11 is 12.7. The number of sulfonamides is 1. The van der Waals surface area contributed by atoms with E-state index in [1.165, 1.54) is 55.5 Å². The number of amides is 2. The molecule has 4 aromatic rings. The fourth-order valence-electron chi connectivity index (χ4n) is 5.05. The largest absolute Gasteiger partial charge is 0.493 e. The van der Waals surface area contributed by atoms with E-state index in [9.17, 15) is 22.4 Å². The van der Waals surface area contributed by atoms with Crippen molar-refractivity contribution in [3.05, 3.63) is 118 Å². The lowest BCUT2D eigenvalue weighted by Gasteiger charge is -2.34. The number of hydrogen-bond acceptors (Lipinski definition) is 6. The molecule has 0 aliphatic carbocycles. The van der Waals surface area contributed by atoms with Gasteiger partial charge in [0.2, 0.25) is 11.8 Å². The van der Waals surface area contributed by atoms with Crippen LogP contribution in [0.15, 0.2) is 95.9 Å². The van der Waals surface area contributed by atoms with Crippen LogP contribution in [0.4, 0.5) is 10.1 Å². The molecule has 0 radical (unpaired) electrons. The summed E-state index contributed by atoms with van der Waals surface area (Å²) in [6.07, 6.45) is 0.126. The predicted molar refractivity (Wildman–Crippen MR) is 189 cm³/mol. The Labute approximate surface area is 296 Å². The van der Waals surface area contributed by atoms with Crippen LogP contribution in [0.2, 0.25) is 10.0 Å². The molecule has 4 aromatic carbocycles. The first-order valence-electron chi connectivity index (χ1n) is 15.4. The molecule has 0 saturated carbocycles. The van der Waals surface area contributed by atoms with Crippen LogP contribution in [-0.2, 0) is 32.6 Å². The molecule has 2 amide bonds. The van der Waals surface area contributed by atoms with Crippen molar-refractivity contribution in [2.75, 3.05) is 31.6 Å². The zero-order valence-corrected chi connectivity index (χ0v) is 29.9. The average molecular weight is 731 g/mol. The number of methoxy groups -OCH3 is 2. The third-order valence-electron chi connectivity index (χ3n) is 7.65. The number of rotatable bonds is 15. The van der Waals surface area contributed by atoms with Crippen LogP contribution in [-0.4, -0.2) is 58.5 Å². The highest BCUT2D eigenvalue weighted by Crippen LogP contribution is 2.33. The van der Waals surface area contributed by atoms with Crippen LogP contribution in [0.1, 0.15) is 25.0 Å². The van der Waals surface area contributed by atoms with Crippen molar-refractivity contribution >= 4 is 50.7 Å². The van der Waals surface area contributed by atoms with E-state index >= 15 is 0 Å². The van der Waals surface area contributed by atoms with Gasteiger partial charge in [-0.15, -0.1) is 0 Å². The highest BCUT2D eigenvalue weighted by atomic mass is 35.5. The van der Waals surface area contributed by atoms with E-state index in [1.807, 2.05) is 44.2 Å². The maximum Gasteiger partial charge on any atom is 0.264 e. The van der Waals surface area contributed by atoms with Gasteiger partial charge in [0.05, 0.1) is 24.8 Å². The third-order valence-corrected chi connectivity index (χ3v) is 10.0. The first-order valence-corrected chi connectivity index (χ1v) is 17.6. The lowest BCUT2D eigenvalue weighted by Crippen LogP contribution is -2.53. The minimum Gasteiger partial charge on any atom is -0.493 e. The van der Waals surface area contributed by atoms with Crippen LogP contribution in [0.25, 0.3) is 0 Å². The molecular formula is C36H38Cl2FN3O6S. The molecule has 0 bridgehead atoms. The van der Waals surface area contributed by atoms with Crippen LogP contribution < -0.4 is 19.1 Å². The molecule has 0 heterocycles. The van der Waals surface area contributed by atoms with Gasteiger partial charge in [-0.1, -0.05) is 73.4 Å². The second kappa shape index (κ2) is 16.9. The van der Waals surface area contributed by atoms with Gasteiger partial charge >= 0.3 is 0 Å². The van der Waals surface area contributed by atoms with E-state index in [-0.39, 0.29) is 40.2 Å². The maximum atomic E-state index is 14.6. The Morgan fingerprint density at radius 3 is 2.16 bits per heavy atom. The number of carbonyl (C=O) groups excluding carboxylic acids is 2. The van der Waals surface area contributed by atoms with Gasteiger partial charge in [-0.3, -0.25) is 13.9 Å². The maximum absolute atomic E-state index is 14.6. The number of halogens is 3. The van der Waals surface area contributed by atoms with E-state index in [0.29, 0.717) is 22.9 Å². The number of ether oxygens (including phenoxy) is 2. The monoisotopic (exact) mass is 729 g/mol. The molecule has 1 unspecified atom stereocenters. The summed E-state index contributed by atoms with van der Waals surface area (Å²) in [6, 6.07) is 21.6. The Bertz CT molecular complexity index is 1860. The third kappa shape index (κ3) is 9.65. The highest BCUT2D eigenvalue weighted by Gasteiger charge is 2.35. The van der Waals surface area contributed by atoms with Crippen LogP contribution >= 0.6 is 23.2 Å². The van der Waals surface area contributed by atoms with Crippen LogP contribution in [0, 0.1) is 11.7 Å². The highest BCUT2D eigenvalue weighted by molar-refractivity contribution is 7.92. The molecule has 49 heavy (non-hydrogen) atoms. The summed E-state index contributed by atoms with van der Waals surface area (Å²) in [7, 11) is -1.70. The topological polar surface area (TPSA) is 105 Å². The standard InChI is InChI=1S/C36H38Cl2FN3O6S/c1-24(2)21-40-36(44)32(18-25-8-6-5-7-9-25)41(22-26-10-11-27(37)19-31(26)38)35(43)23-42(29-14-12-28(39)13-15-29)49(45,46)30-16-17-33(47-3)34(20-30)48-4/h5-17,19-20,24,32H,18,21-23H2,1-4H3,(H,40,44). The summed E-state index contributed by atoms with van der Waals surface area (Å²) in [5, 5.41) is 3.58. The smallest absolute Gasteiger partial charge is 0.264 e. The zero-order chi connectivity index (χ0) is 35.7. The SMILES string of the molecule is COc1ccc(S(=O)(=O)N(CC(=O)N(Cc2ccc(Cl)cc2Cl)C(Cc2ccccc2)C(=O)NCC(C)C)c2ccc(F)cc2)cc1OC. The molecule has 0 aliphatic rings. The Morgan fingerprint density at radius 2 is 1.55 bits per heavy atom.